The molecule has 0 fully saturated rings. The van der Waals surface area contributed by atoms with Gasteiger partial charge in [-0.3, -0.25) is 0 Å². The van der Waals surface area contributed by atoms with E-state index < -0.39 is 10.0 Å². The van der Waals surface area contributed by atoms with E-state index in [1.165, 1.54) is 6.07 Å². The number of aliphatic hydroxyl groups excluding tert-OH is 1. The monoisotopic (exact) mass is 230 g/mol. The van der Waals surface area contributed by atoms with Crippen LogP contribution in [0, 0.1) is 0 Å². The number of nitrogens with two attached hydrogens (primary N) is 1. The van der Waals surface area contributed by atoms with Gasteiger partial charge in [0, 0.05) is 13.2 Å². The fraction of sp³-hybridized carbons (Fsp3) is 0.333. The van der Waals surface area contributed by atoms with Gasteiger partial charge in [-0.05, 0) is 18.6 Å². The van der Waals surface area contributed by atoms with Crippen molar-refractivity contribution in [1.29, 1.82) is 0 Å². The zero-order chi connectivity index (χ0) is 11.3. The molecule has 0 radical (unpaired) electrons. The minimum Gasteiger partial charge on any atom is -0.396 e. The fourth-order valence-electron chi connectivity index (χ4n) is 1.16. The highest BCUT2D eigenvalue weighted by atomic mass is 32.2. The quantitative estimate of drug-likeness (QED) is 0.627. The number of sulfonamides is 1. The highest BCUT2D eigenvalue weighted by Crippen LogP contribution is 2.18. The first-order chi connectivity index (χ1) is 7.05. The molecule has 1 aromatic carbocycles. The van der Waals surface area contributed by atoms with Crippen LogP contribution in [0.1, 0.15) is 6.42 Å². The molecule has 0 amide bonds. The molecule has 0 atom stereocenters. The Morgan fingerprint density at radius 1 is 1.33 bits per heavy atom. The van der Waals surface area contributed by atoms with Gasteiger partial charge in [0.2, 0.25) is 10.0 Å². The second kappa shape index (κ2) is 5.11. The average Bonchev–Trinajstić information content (AvgIpc) is 2.17. The third-order valence-corrected chi connectivity index (χ3v) is 2.81. The molecule has 1 aromatic rings. The van der Waals surface area contributed by atoms with Gasteiger partial charge in [0.15, 0.2) is 0 Å². The number of anilines is 1. The predicted molar refractivity (Wildman–Crippen MR) is 58.0 cm³/mol. The Labute approximate surface area is 89.0 Å². The maximum atomic E-state index is 11.2. The van der Waals surface area contributed by atoms with E-state index in [2.05, 4.69) is 5.32 Å². The van der Waals surface area contributed by atoms with Gasteiger partial charge in [0.25, 0.3) is 0 Å². The van der Waals surface area contributed by atoms with Crippen LogP contribution in [0.2, 0.25) is 0 Å². The number of para-hydroxylation sites is 1. The normalized spacial score (nSPS) is 11.3. The summed E-state index contributed by atoms with van der Waals surface area (Å²) in [7, 11) is -3.70. The van der Waals surface area contributed by atoms with Crippen LogP contribution in [0.5, 0.6) is 0 Å². The van der Waals surface area contributed by atoms with E-state index in [4.69, 9.17) is 10.2 Å². The molecule has 15 heavy (non-hydrogen) atoms. The summed E-state index contributed by atoms with van der Waals surface area (Å²) < 4.78 is 22.3. The zero-order valence-electron chi connectivity index (χ0n) is 8.18. The van der Waals surface area contributed by atoms with E-state index in [1.54, 1.807) is 18.2 Å². The molecule has 0 aromatic heterocycles. The standard InChI is InChI=1S/C9H14N2O3S/c10-15(13,14)9-5-2-1-4-8(9)11-6-3-7-12/h1-2,4-5,11-12H,3,6-7H2,(H2,10,13,14). The summed E-state index contributed by atoms with van der Waals surface area (Å²) in [4.78, 5) is 0.0722. The van der Waals surface area contributed by atoms with Crippen LogP contribution in [0.15, 0.2) is 29.2 Å². The predicted octanol–water partition coefficient (Wildman–Crippen LogP) is 0.128. The van der Waals surface area contributed by atoms with Crippen LogP contribution in [-0.4, -0.2) is 26.7 Å². The highest BCUT2D eigenvalue weighted by Gasteiger charge is 2.12. The van der Waals surface area contributed by atoms with Crippen LogP contribution in [0.25, 0.3) is 0 Å². The first kappa shape index (κ1) is 12.0. The second-order valence-electron chi connectivity index (χ2n) is 3.05. The van der Waals surface area contributed by atoms with Crippen molar-refractivity contribution in [3.8, 4) is 0 Å². The van der Waals surface area contributed by atoms with Gasteiger partial charge in [-0.25, -0.2) is 13.6 Å². The molecule has 4 N–H and O–H groups in total. The summed E-state index contributed by atoms with van der Waals surface area (Å²) in [5, 5.41) is 16.5. The number of primary sulfonamides is 1. The molecule has 0 unspecified atom stereocenters. The molecule has 0 spiro atoms. The molecule has 84 valence electrons. The van der Waals surface area contributed by atoms with Gasteiger partial charge in [0.1, 0.15) is 4.90 Å². The summed E-state index contributed by atoms with van der Waals surface area (Å²) in [5.41, 5.74) is 0.466. The Bertz CT molecular complexity index is 417. The van der Waals surface area contributed by atoms with E-state index in [1.807, 2.05) is 0 Å². The highest BCUT2D eigenvalue weighted by molar-refractivity contribution is 7.89. The number of nitrogens with one attached hydrogen (secondary N) is 1. The number of rotatable bonds is 5. The second-order valence-corrected chi connectivity index (χ2v) is 4.57. The molecule has 0 aliphatic rings. The lowest BCUT2D eigenvalue weighted by Crippen LogP contribution is -2.15. The van der Waals surface area contributed by atoms with Crippen LogP contribution in [0.4, 0.5) is 5.69 Å². The zero-order valence-corrected chi connectivity index (χ0v) is 9.00. The Morgan fingerprint density at radius 2 is 2.00 bits per heavy atom. The van der Waals surface area contributed by atoms with Gasteiger partial charge in [-0.1, -0.05) is 12.1 Å². The SMILES string of the molecule is NS(=O)(=O)c1ccccc1NCCCO. The smallest absolute Gasteiger partial charge is 0.240 e. The van der Waals surface area contributed by atoms with Crippen molar-refractivity contribution in [2.24, 2.45) is 5.14 Å². The maximum Gasteiger partial charge on any atom is 0.240 e. The molecule has 1 rings (SSSR count). The van der Waals surface area contributed by atoms with E-state index in [-0.39, 0.29) is 11.5 Å². The topological polar surface area (TPSA) is 92.4 Å². The van der Waals surface area contributed by atoms with Gasteiger partial charge in [0.05, 0.1) is 5.69 Å². The molecular formula is C9H14N2O3S. The Morgan fingerprint density at radius 3 is 2.60 bits per heavy atom. The van der Waals surface area contributed by atoms with Crippen molar-refractivity contribution >= 4 is 15.7 Å². The van der Waals surface area contributed by atoms with Crippen molar-refractivity contribution < 1.29 is 13.5 Å². The van der Waals surface area contributed by atoms with Crippen LogP contribution < -0.4 is 10.5 Å². The minimum absolute atomic E-state index is 0.0601. The van der Waals surface area contributed by atoms with Crippen LogP contribution in [-0.2, 0) is 10.0 Å². The number of hydrogen-bond donors (Lipinski definition) is 3. The number of aliphatic hydroxyl groups is 1. The summed E-state index contributed by atoms with van der Waals surface area (Å²) in [6.45, 7) is 0.563. The van der Waals surface area contributed by atoms with Crippen molar-refractivity contribution in [2.75, 3.05) is 18.5 Å². The lowest BCUT2D eigenvalue weighted by Gasteiger charge is -2.09. The molecular weight excluding hydrogens is 216 g/mol. The van der Waals surface area contributed by atoms with Crippen molar-refractivity contribution in [3.05, 3.63) is 24.3 Å². The largest absolute Gasteiger partial charge is 0.396 e. The van der Waals surface area contributed by atoms with Gasteiger partial charge in [-0.15, -0.1) is 0 Å². The van der Waals surface area contributed by atoms with Crippen molar-refractivity contribution in [1.82, 2.24) is 0 Å². The molecule has 0 aliphatic heterocycles. The molecule has 0 aliphatic carbocycles. The summed E-state index contributed by atoms with van der Waals surface area (Å²) in [6, 6.07) is 6.40. The minimum atomic E-state index is -3.70. The van der Waals surface area contributed by atoms with Crippen LogP contribution >= 0.6 is 0 Å². The summed E-state index contributed by atoms with van der Waals surface area (Å²) in [6.07, 6.45) is 0.555. The van der Waals surface area contributed by atoms with Gasteiger partial charge >= 0.3 is 0 Å². The Balaban J connectivity index is 2.88. The van der Waals surface area contributed by atoms with Crippen molar-refractivity contribution in [2.45, 2.75) is 11.3 Å². The number of benzene rings is 1. The van der Waals surface area contributed by atoms with Crippen LogP contribution in [0.3, 0.4) is 0 Å². The lowest BCUT2D eigenvalue weighted by molar-refractivity contribution is 0.292. The average molecular weight is 230 g/mol. The molecule has 0 saturated carbocycles. The van der Waals surface area contributed by atoms with Gasteiger partial charge in [-0.2, -0.15) is 0 Å². The first-order valence-electron chi connectivity index (χ1n) is 4.52. The molecule has 0 saturated heterocycles. The van der Waals surface area contributed by atoms with E-state index in [0.717, 1.165) is 0 Å². The van der Waals surface area contributed by atoms with Crippen molar-refractivity contribution in [3.63, 3.8) is 0 Å². The van der Waals surface area contributed by atoms with Gasteiger partial charge < -0.3 is 10.4 Å². The molecule has 6 heteroatoms. The van der Waals surface area contributed by atoms with E-state index in [0.29, 0.717) is 18.7 Å². The van der Waals surface area contributed by atoms with E-state index in [9.17, 15) is 8.42 Å². The Kier molecular flexibility index (Phi) is 4.07. The first-order valence-corrected chi connectivity index (χ1v) is 6.07. The maximum absolute atomic E-state index is 11.2. The molecule has 0 bridgehead atoms. The fourth-order valence-corrected chi connectivity index (χ4v) is 1.88. The third-order valence-electron chi connectivity index (χ3n) is 1.84. The van der Waals surface area contributed by atoms with E-state index >= 15 is 0 Å². The third kappa shape index (κ3) is 3.50. The molecule has 0 heterocycles. The summed E-state index contributed by atoms with van der Waals surface area (Å²) >= 11 is 0. The Hall–Kier alpha value is -1.11. The summed E-state index contributed by atoms with van der Waals surface area (Å²) in [5.74, 6) is 0. The lowest BCUT2D eigenvalue weighted by atomic mass is 10.3. The number of hydrogen-bond acceptors (Lipinski definition) is 4. The molecule has 5 nitrogen and oxygen atoms in total.